The molecule has 0 saturated heterocycles. The van der Waals surface area contributed by atoms with E-state index < -0.39 is 12.7 Å². The molecule has 0 amide bonds. The van der Waals surface area contributed by atoms with Crippen LogP contribution in [0.4, 0.5) is 0 Å². The minimum absolute atomic E-state index is 0.256. The summed E-state index contributed by atoms with van der Waals surface area (Å²) in [6, 6.07) is 75.3. The topological polar surface area (TPSA) is 0 Å². The highest BCUT2D eigenvalue weighted by Crippen LogP contribution is 2.09. The van der Waals surface area contributed by atoms with Crippen molar-refractivity contribution in [2.45, 2.75) is 12.7 Å². The van der Waals surface area contributed by atoms with Crippen molar-refractivity contribution in [3.63, 3.8) is 0 Å². The number of aryl methyl sites for hydroxylation is 2. The average Bonchev–Trinajstić information content (AvgIpc) is 3.37. The van der Waals surface area contributed by atoms with Gasteiger partial charge in [0.25, 0.3) is 0 Å². The van der Waals surface area contributed by atoms with Crippen LogP contribution in [-0.4, -0.2) is 0 Å². The highest BCUT2D eigenvalue weighted by Gasteiger charge is 1.93. The summed E-state index contributed by atoms with van der Waals surface area (Å²) in [5.74, 6) is 6.22. The molecule has 0 unspecified atom stereocenters. The van der Waals surface area contributed by atoms with Crippen molar-refractivity contribution in [1.82, 2.24) is 0 Å². The number of rotatable bonds is 7. The van der Waals surface area contributed by atoms with E-state index in [4.69, 9.17) is 11.0 Å². The summed E-state index contributed by atoms with van der Waals surface area (Å²) in [6.45, 7) is 0. The highest BCUT2D eigenvalue weighted by atomic mass is 14.0. The largest absolute Gasteiger partial charge is 0.0629 e. The summed E-state index contributed by atoms with van der Waals surface area (Å²) < 4.78 is 64.2. The third-order valence-electron chi connectivity index (χ3n) is 7.60. The van der Waals surface area contributed by atoms with E-state index in [-0.39, 0.29) is 24.2 Å². The van der Waals surface area contributed by atoms with E-state index in [1.165, 1.54) is 0 Å². The fourth-order valence-corrected chi connectivity index (χ4v) is 4.75. The Hall–Kier alpha value is -7.20. The van der Waals surface area contributed by atoms with Gasteiger partial charge in [0.2, 0.25) is 0 Å². The van der Waals surface area contributed by atoms with Gasteiger partial charge in [-0.15, -0.1) is 0 Å². The summed E-state index contributed by atoms with van der Waals surface area (Å²) in [7, 11) is 0. The molecule has 8 aromatic rings. The molecule has 8 aromatic carbocycles. The van der Waals surface area contributed by atoms with Crippen molar-refractivity contribution in [2.75, 3.05) is 0 Å². The van der Waals surface area contributed by atoms with E-state index in [2.05, 4.69) is 11.8 Å². The maximum atomic E-state index is 8.10. The normalized spacial score (nSPS) is 13.3. The maximum absolute atomic E-state index is 8.10. The van der Waals surface area contributed by atoms with Crippen LogP contribution in [0, 0.1) is 11.8 Å². The third kappa shape index (κ3) is 16.6. The first-order valence-electron chi connectivity index (χ1n) is 22.3. The molecule has 0 N–H and O–H groups in total. The lowest BCUT2D eigenvalue weighted by atomic mass is 10.0. The van der Waals surface area contributed by atoms with Gasteiger partial charge in [-0.2, -0.15) is 0 Å². The van der Waals surface area contributed by atoms with Crippen molar-refractivity contribution >= 4 is 24.2 Å². The molecule has 0 bridgehead atoms. The Kier molecular flexibility index (Phi) is 13.4. The van der Waals surface area contributed by atoms with E-state index >= 15 is 0 Å². The highest BCUT2D eigenvalue weighted by molar-refractivity contribution is 5.70. The smallest absolute Gasteiger partial charge is 0.0622 e. The second-order valence-electron chi connectivity index (χ2n) is 11.9. The molecule has 0 atom stereocenters. The Labute approximate surface area is 346 Å². The molecule has 0 aromatic heterocycles. The standard InChI is InChI=1S/C14H14.2C14H12.C14H10/c4*1-3-7-13(8-4-1)11-12-14-9-5-2-6-10-14/h1-10H,11-12H2;2*1-12H;1-10H/b;12-11+;12-11-;/i11D2,12D2;2*11D,12D;. The molecule has 8 rings (SSSR count). The van der Waals surface area contributed by atoms with Gasteiger partial charge in [-0.25, -0.2) is 0 Å². The van der Waals surface area contributed by atoms with Gasteiger partial charge in [-0.05, 0) is 70.4 Å². The van der Waals surface area contributed by atoms with Gasteiger partial charge in [-0.3, -0.25) is 0 Å². The third-order valence-corrected chi connectivity index (χ3v) is 7.60. The molecule has 0 spiro atoms. The SMILES string of the molecule is C(#Cc1ccccc1)c1ccccc1.[2H]/C(=C(/[2H])c1ccccc1)c1ccccc1.[2H]/C(=C(\[2H])c1ccccc1)c1ccccc1.[2H]C([2H])(c1ccccc1)C([2H])([2H])c1ccccc1. The summed E-state index contributed by atoms with van der Waals surface area (Å²) in [4.78, 5) is 0. The second-order valence-corrected chi connectivity index (χ2v) is 11.9. The van der Waals surface area contributed by atoms with Crippen molar-refractivity contribution in [1.29, 1.82) is 0 Å². The molecular weight excluding hydrogens is 673 g/mol. The molecule has 0 aliphatic rings. The van der Waals surface area contributed by atoms with Crippen molar-refractivity contribution in [3.8, 4) is 11.8 Å². The zero-order valence-electron chi connectivity index (χ0n) is 39.1. The van der Waals surface area contributed by atoms with Crippen molar-refractivity contribution in [2.24, 2.45) is 0 Å². The molecular formula is C56H48. The molecule has 272 valence electrons. The Morgan fingerprint density at radius 3 is 0.714 bits per heavy atom. The van der Waals surface area contributed by atoms with Crippen LogP contribution in [0.5, 0.6) is 0 Å². The van der Waals surface area contributed by atoms with E-state index in [1.807, 2.05) is 182 Å². The Balaban J connectivity index is 0.000000161. The zero-order chi connectivity index (χ0) is 45.6. The van der Waals surface area contributed by atoms with Crippen LogP contribution in [0.2, 0.25) is 0 Å². The van der Waals surface area contributed by atoms with Gasteiger partial charge in [0.05, 0.1) is 5.48 Å². The molecule has 0 saturated carbocycles. The van der Waals surface area contributed by atoms with E-state index in [1.54, 1.807) is 60.7 Å². The lowest BCUT2D eigenvalue weighted by molar-refractivity contribution is 0.960. The van der Waals surface area contributed by atoms with E-state index in [9.17, 15) is 0 Å². The van der Waals surface area contributed by atoms with Crippen LogP contribution in [0.1, 0.15) is 55.5 Å². The number of benzene rings is 8. The first-order valence-corrected chi connectivity index (χ1v) is 18.3. The molecule has 0 heteroatoms. The van der Waals surface area contributed by atoms with Crippen LogP contribution in [0.25, 0.3) is 24.2 Å². The Morgan fingerprint density at radius 1 is 0.286 bits per heavy atom. The fourth-order valence-electron chi connectivity index (χ4n) is 4.75. The lowest BCUT2D eigenvalue weighted by Gasteiger charge is -2.01. The lowest BCUT2D eigenvalue weighted by Crippen LogP contribution is -1.89. The van der Waals surface area contributed by atoms with Crippen molar-refractivity contribution in [3.05, 3.63) is 287 Å². The summed E-state index contributed by atoms with van der Waals surface area (Å²) in [5, 5.41) is 0. The maximum Gasteiger partial charge on any atom is 0.0629 e. The van der Waals surface area contributed by atoms with Gasteiger partial charge >= 0.3 is 0 Å². The quantitative estimate of drug-likeness (QED) is 0.113. The Morgan fingerprint density at radius 2 is 0.482 bits per heavy atom. The minimum Gasteiger partial charge on any atom is -0.0622 e. The van der Waals surface area contributed by atoms with Crippen LogP contribution in [0.15, 0.2) is 243 Å². The number of hydrogen-bond donors (Lipinski definition) is 0. The van der Waals surface area contributed by atoms with Crippen molar-refractivity contribution < 1.29 is 11.0 Å². The summed E-state index contributed by atoms with van der Waals surface area (Å²) >= 11 is 0. The fraction of sp³-hybridized carbons (Fsp3) is 0.0357. The molecule has 0 nitrogen and oxygen atoms in total. The molecule has 0 fully saturated rings. The summed E-state index contributed by atoms with van der Waals surface area (Å²) in [6.07, 6.45) is -4.15. The minimum atomic E-state index is -2.07. The molecule has 56 heavy (non-hydrogen) atoms. The first kappa shape index (κ1) is 30.2. The van der Waals surface area contributed by atoms with Gasteiger partial charge in [-0.1, -0.05) is 254 Å². The van der Waals surface area contributed by atoms with Crippen LogP contribution in [0.3, 0.4) is 0 Å². The molecule has 0 aliphatic heterocycles. The molecule has 0 aliphatic carbocycles. The van der Waals surface area contributed by atoms with Gasteiger partial charge < -0.3 is 0 Å². The molecule has 0 radical (unpaired) electrons. The predicted octanol–water partition coefficient (Wildman–Crippen LogP) is 14.3. The zero-order valence-corrected chi connectivity index (χ0v) is 31.1. The first-order chi connectivity index (χ1) is 31.0. The second kappa shape index (κ2) is 24.9. The van der Waals surface area contributed by atoms with Crippen LogP contribution < -0.4 is 0 Å². The van der Waals surface area contributed by atoms with Gasteiger partial charge in [0.15, 0.2) is 0 Å². The van der Waals surface area contributed by atoms with Gasteiger partial charge in [0.1, 0.15) is 0 Å². The number of hydrogen-bond acceptors (Lipinski definition) is 0. The molecule has 0 heterocycles. The average molecular weight is 729 g/mol. The monoisotopic (exact) mass is 728 g/mol. The van der Waals surface area contributed by atoms with E-state index in [0.717, 1.165) is 33.4 Å². The predicted molar refractivity (Wildman–Crippen MR) is 243 cm³/mol. The van der Waals surface area contributed by atoms with Crippen LogP contribution in [-0.2, 0) is 12.7 Å². The van der Waals surface area contributed by atoms with E-state index in [0.29, 0.717) is 11.1 Å². The van der Waals surface area contributed by atoms with Crippen LogP contribution >= 0.6 is 0 Å². The summed E-state index contributed by atoms with van der Waals surface area (Å²) in [5.41, 5.74) is 5.89. The Bertz CT molecular complexity index is 2410. The van der Waals surface area contributed by atoms with Gasteiger partial charge in [0, 0.05) is 16.6 Å².